The van der Waals surface area contributed by atoms with Gasteiger partial charge in [-0.2, -0.15) is 0 Å². The fraction of sp³-hybridized carbons (Fsp3) is 0.556. The lowest BCUT2D eigenvalue weighted by molar-refractivity contribution is -0.136. The Morgan fingerprint density at radius 1 is 1.27 bits per heavy atom. The Balaban J connectivity index is 1.88. The molecule has 3 rings (SSSR count). The molecule has 4 nitrogen and oxygen atoms in total. The molecule has 1 aliphatic heterocycles. The lowest BCUT2D eigenvalue weighted by Gasteiger charge is -2.33. The molecule has 1 atom stereocenters. The Hall–Kier alpha value is -1.84. The second kappa shape index (κ2) is 5.75. The minimum atomic E-state index is -0.390. The number of benzene rings is 1. The number of primary amides is 1. The molecule has 1 unspecified atom stereocenters. The van der Waals surface area contributed by atoms with Crippen LogP contribution in [0.2, 0.25) is 0 Å². The van der Waals surface area contributed by atoms with Gasteiger partial charge in [-0.1, -0.05) is 42.7 Å². The van der Waals surface area contributed by atoms with Crippen LogP contribution in [0.15, 0.2) is 24.3 Å². The minimum Gasteiger partial charge on any atom is -0.369 e. The molecule has 2 fully saturated rings. The first-order chi connectivity index (χ1) is 10.5. The van der Waals surface area contributed by atoms with Gasteiger partial charge >= 0.3 is 0 Å². The third-order valence-corrected chi connectivity index (χ3v) is 5.31. The van der Waals surface area contributed by atoms with Gasteiger partial charge in [0.25, 0.3) is 0 Å². The fourth-order valence-electron chi connectivity index (χ4n) is 4.03. The number of likely N-dealkylation sites (tertiary alicyclic amines) is 1. The summed E-state index contributed by atoms with van der Waals surface area (Å²) in [6.07, 6.45) is 4.70. The number of hydrogen-bond donors (Lipinski definition) is 1. The maximum absolute atomic E-state index is 13.2. The normalized spacial score (nSPS) is 23.7. The van der Waals surface area contributed by atoms with E-state index in [2.05, 4.69) is 25.1 Å². The zero-order chi connectivity index (χ0) is 15.7. The van der Waals surface area contributed by atoms with Gasteiger partial charge in [-0.05, 0) is 31.7 Å². The molecule has 1 heterocycles. The second-order valence-electron chi connectivity index (χ2n) is 6.80. The summed E-state index contributed by atoms with van der Waals surface area (Å²) < 4.78 is 0. The van der Waals surface area contributed by atoms with E-state index in [9.17, 15) is 9.59 Å². The maximum Gasteiger partial charge on any atom is 0.233 e. The Morgan fingerprint density at radius 3 is 2.59 bits per heavy atom. The summed E-state index contributed by atoms with van der Waals surface area (Å²) in [6, 6.07) is 8.33. The summed E-state index contributed by atoms with van der Waals surface area (Å²) in [5.41, 5.74) is 7.33. The van der Waals surface area contributed by atoms with Crippen molar-refractivity contribution in [2.24, 2.45) is 11.7 Å². The predicted octanol–water partition coefficient (Wildman–Crippen LogP) is 2.14. The third kappa shape index (κ3) is 2.51. The van der Waals surface area contributed by atoms with E-state index in [-0.39, 0.29) is 17.7 Å². The first kappa shape index (κ1) is 15.1. The highest BCUT2D eigenvalue weighted by molar-refractivity contribution is 5.90. The number of aryl methyl sites for hydroxylation is 1. The van der Waals surface area contributed by atoms with E-state index in [1.165, 1.54) is 5.56 Å². The molecule has 0 spiro atoms. The van der Waals surface area contributed by atoms with Crippen LogP contribution < -0.4 is 5.73 Å². The smallest absolute Gasteiger partial charge is 0.233 e. The van der Waals surface area contributed by atoms with Crippen LogP contribution in [0.4, 0.5) is 0 Å². The summed E-state index contributed by atoms with van der Waals surface area (Å²) in [5.74, 6) is -0.273. The Kier molecular flexibility index (Phi) is 3.94. The number of nitrogens with two attached hydrogens (primary N) is 1. The van der Waals surface area contributed by atoms with Crippen LogP contribution in [0.1, 0.15) is 43.2 Å². The number of nitrogens with zero attached hydrogens (tertiary/aromatic N) is 1. The van der Waals surface area contributed by atoms with E-state index in [0.29, 0.717) is 19.5 Å². The summed E-state index contributed by atoms with van der Waals surface area (Å²) in [5, 5.41) is 0. The molecule has 118 valence electrons. The van der Waals surface area contributed by atoms with Gasteiger partial charge < -0.3 is 10.6 Å². The van der Waals surface area contributed by atoms with Crippen LogP contribution in [0.3, 0.4) is 0 Å². The van der Waals surface area contributed by atoms with Gasteiger partial charge in [0.1, 0.15) is 0 Å². The predicted molar refractivity (Wildman–Crippen MR) is 85.2 cm³/mol. The second-order valence-corrected chi connectivity index (χ2v) is 6.80. The summed E-state index contributed by atoms with van der Waals surface area (Å²) in [6.45, 7) is 3.21. The van der Waals surface area contributed by atoms with Gasteiger partial charge in [0, 0.05) is 13.1 Å². The standard InChI is InChI=1S/C18H24N2O2/c1-13-5-4-6-15(11-13)18(8-2-3-9-18)17(22)20-10-7-14(12-20)16(19)21/h4-6,11,14H,2-3,7-10,12H2,1H3,(H2,19,21). The van der Waals surface area contributed by atoms with Crippen LogP contribution in [0, 0.1) is 12.8 Å². The van der Waals surface area contributed by atoms with Gasteiger partial charge in [0.05, 0.1) is 11.3 Å². The van der Waals surface area contributed by atoms with Crippen molar-refractivity contribution in [1.29, 1.82) is 0 Å². The highest BCUT2D eigenvalue weighted by atomic mass is 16.2. The largest absolute Gasteiger partial charge is 0.369 e. The molecule has 0 radical (unpaired) electrons. The van der Waals surface area contributed by atoms with Gasteiger partial charge in [-0.3, -0.25) is 9.59 Å². The molecule has 1 aromatic carbocycles. The summed E-state index contributed by atoms with van der Waals surface area (Å²) >= 11 is 0. The molecule has 0 bridgehead atoms. The van der Waals surface area contributed by atoms with Crippen molar-refractivity contribution in [3.63, 3.8) is 0 Å². The van der Waals surface area contributed by atoms with Crippen LogP contribution in [0.5, 0.6) is 0 Å². The van der Waals surface area contributed by atoms with Crippen LogP contribution in [-0.4, -0.2) is 29.8 Å². The quantitative estimate of drug-likeness (QED) is 0.929. The average molecular weight is 300 g/mol. The maximum atomic E-state index is 13.2. The molecule has 22 heavy (non-hydrogen) atoms. The zero-order valence-corrected chi connectivity index (χ0v) is 13.2. The minimum absolute atomic E-state index is 0.181. The lowest BCUT2D eigenvalue weighted by atomic mass is 9.77. The highest BCUT2D eigenvalue weighted by Crippen LogP contribution is 2.43. The van der Waals surface area contributed by atoms with Crippen LogP contribution in [-0.2, 0) is 15.0 Å². The molecule has 2 amide bonds. The lowest BCUT2D eigenvalue weighted by Crippen LogP contribution is -2.45. The van der Waals surface area contributed by atoms with E-state index in [0.717, 1.165) is 31.2 Å². The van der Waals surface area contributed by atoms with Gasteiger partial charge in [0.15, 0.2) is 0 Å². The average Bonchev–Trinajstić information content (AvgIpc) is 3.17. The topological polar surface area (TPSA) is 63.4 Å². The molecular weight excluding hydrogens is 276 g/mol. The first-order valence-electron chi connectivity index (χ1n) is 8.19. The molecule has 1 aliphatic carbocycles. The van der Waals surface area contributed by atoms with E-state index in [4.69, 9.17) is 5.73 Å². The van der Waals surface area contributed by atoms with E-state index >= 15 is 0 Å². The molecule has 1 aromatic rings. The molecule has 4 heteroatoms. The highest BCUT2D eigenvalue weighted by Gasteiger charge is 2.46. The number of carbonyl (C=O) groups excluding carboxylic acids is 2. The van der Waals surface area contributed by atoms with Crippen LogP contribution >= 0.6 is 0 Å². The first-order valence-corrected chi connectivity index (χ1v) is 8.19. The van der Waals surface area contributed by atoms with E-state index < -0.39 is 5.41 Å². The van der Waals surface area contributed by atoms with Crippen molar-refractivity contribution in [3.8, 4) is 0 Å². The van der Waals surface area contributed by atoms with Crippen LogP contribution in [0.25, 0.3) is 0 Å². The number of amides is 2. The Labute approximate surface area is 131 Å². The molecular formula is C18H24N2O2. The molecule has 1 saturated carbocycles. The summed E-state index contributed by atoms with van der Waals surface area (Å²) in [7, 11) is 0. The molecule has 2 N–H and O–H groups in total. The van der Waals surface area contributed by atoms with Crippen molar-refractivity contribution in [2.75, 3.05) is 13.1 Å². The number of hydrogen-bond acceptors (Lipinski definition) is 2. The Morgan fingerprint density at radius 2 is 2.00 bits per heavy atom. The third-order valence-electron chi connectivity index (χ3n) is 5.31. The van der Waals surface area contributed by atoms with Crippen molar-refractivity contribution in [2.45, 2.75) is 44.4 Å². The summed E-state index contributed by atoms with van der Waals surface area (Å²) in [4.78, 5) is 26.5. The van der Waals surface area contributed by atoms with Gasteiger partial charge in [-0.25, -0.2) is 0 Å². The van der Waals surface area contributed by atoms with Gasteiger partial charge in [0.2, 0.25) is 11.8 Å². The molecule has 2 aliphatic rings. The van der Waals surface area contributed by atoms with Crippen molar-refractivity contribution < 1.29 is 9.59 Å². The van der Waals surface area contributed by atoms with Crippen molar-refractivity contribution in [1.82, 2.24) is 4.90 Å². The molecule has 0 aromatic heterocycles. The van der Waals surface area contributed by atoms with Gasteiger partial charge in [-0.15, -0.1) is 0 Å². The SMILES string of the molecule is Cc1cccc(C2(C(=O)N3CCC(C(N)=O)C3)CCCC2)c1. The van der Waals surface area contributed by atoms with Crippen molar-refractivity contribution >= 4 is 11.8 Å². The van der Waals surface area contributed by atoms with E-state index in [1.54, 1.807) is 0 Å². The fourth-order valence-corrected chi connectivity index (χ4v) is 4.03. The Bertz CT molecular complexity index is 591. The number of carbonyl (C=O) groups is 2. The number of rotatable bonds is 3. The van der Waals surface area contributed by atoms with E-state index in [1.807, 2.05) is 11.0 Å². The molecule has 1 saturated heterocycles. The monoisotopic (exact) mass is 300 g/mol. The van der Waals surface area contributed by atoms with Crippen molar-refractivity contribution in [3.05, 3.63) is 35.4 Å². The zero-order valence-electron chi connectivity index (χ0n) is 13.2.